The van der Waals surface area contributed by atoms with E-state index in [1.54, 1.807) is 0 Å². The Kier molecular flexibility index (Phi) is 4.00. The highest BCUT2D eigenvalue weighted by Gasteiger charge is 2.13. The molecular weight excluding hydrogens is 122 g/mol. The molecule has 0 spiro atoms. The van der Waals surface area contributed by atoms with E-state index in [4.69, 9.17) is 15.9 Å². The number of carbonyl (C=O) groups is 1. The van der Waals surface area contributed by atoms with Crippen molar-refractivity contribution in [1.82, 2.24) is 0 Å². The predicted octanol–water partition coefficient (Wildman–Crippen LogP) is -0.972. The van der Waals surface area contributed by atoms with Gasteiger partial charge in [-0.2, -0.15) is 0 Å². The zero-order valence-electron chi connectivity index (χ0n) is 5.08. The number of carboxylic acids is 1. The van der Waals surface area contributed by atoms with E-state index in [1.807, 2.05) is 0 Å². The van der Waals surface area contributed by atoms with Gasteiger partial charge in [-0.1, -0.05) is 0 Å². The van der Waals surface area contributed by atoms with Crippen LogP contribution in [0.5, 0.6) is 0 Å². The predicted molar refractivity (Wildman–Crippen MR) is 31.9 cm³/mol. The number of hydrogen-bond acceptors (Lipinski definition) is 3. The summed E-state index contributed by atoms with van der Waals surface area (Å²) in [5.41, 5.74) is 5.07. The van der Waals surface area contributed by atoms with Gasteiger partial charge in [0, 0.05) is 13.2 Å². The molecule has 9 heavy (non-hydrogen) atoms. The lowest BCUT2D eigenvalue weighted by molar-refractivity contribution is -0.141. The molecule has 1 atom stereocenters. The van der Waals surface area contributed by atoms with E-state index in [0.717, 1.165) is 0 Å². The van der Waals surface area contributed by atoms with Crippen molar-refractivity contribution >= 4 is 5.97 Å². The molecule has 0 aliphatic heterocycles. The molecule has 0 aliphatic rings. The first-order valence-electron chi connectivity index (χ1n) is 2.76. The highest BCUT2D eigenvalue weighted by molar-refractivity contribution is 5.70. The van der Waals surface area contributed by atoms with Crippen LogP contribution in [0.4, 0.5) is 0 Å². The molecule has 0 unspecified atom stereocenters. The minimum Gasteiger partial charge on any atom is -0.481 e. The third kappa shape index (κ3) is 3.05. The molecule has 0 saturated carbocycles. The van der Waals surface area contributed by atoms with Crippen LogP contribution >= 0.6 is 0 Å². The number of nitrogens with two attached hydrogens (primary N) is 1. The van der Waals surface area contributed by atoms with Gasteiger partial charge in [0.1, 0.15) is 0 Å². The van der Waals surface area contributed by atoms with Crippen molar-refractivity contribution in [3.05, 3.63) is 0 Å². The topological polar surface area (TPSA) is 83.5 Å². The van der Waals surface area contributed by atoms with Gasteiger partial charge < -0.3 is 15.9 Å². The maximum absolute atomic E-state index is 10.1. The van der Waals surface area contributed by atoms with E-state index < -0.39 is 11.9 Å². The maximum Gasteiger partial charge on any atom is 0.307 e. The van der Waals surface area contributed by atoms with Crippen LogP contribution in [-0.4, -0.2) is 29.3 Å². The molecule has 0 bridgehead atoms. The second kappa shape index (κ2) is 4.29. The van der Waals surface area contributed by atoms with Crippen molar-refractivity contribution in [3.8, 4) is 0 Å². The third-order valence-electron chi connectivity index (χ3n) is 1.11. The van der Waals surface area contributed by atoms with Crippen LogP contribution in [0.15, 0.2) is 0 Å². The summed E-state index contributed by atoms with van der Waals surface area (Å²) in [4.78, 5) is 10.1. The van der Waals surface area contributed by atoms with Crippen molar-refractivity contribution in [2.45, 2.75) is 6.42 Å². The molecule has 0 aromatic heterocycles. The molecule has 4 nitrogen and oxygen atoms in total. The first kappa shape index (κ1) is 8.39. The normalized spacial score (nSPS) is 13.1. The van der Waals surface area contributed by atoms with E-state index in [9.17, 15) is 4.79 Å². The zero-order chi connectivity index (χ0) is 7.28. The summed E-state index contributed by atoms with van der Waals surface area (Å²) in [6, 6.07) is 0. The summed E-state index contributed by atoms with van der Waals surface area (Å²) in [5, 5.41) is 16.6. The van der Waals surface area contributed by atoms with Crippen molar-refractivity contribution in [2.75, 3.05) is 13.2 Å². The molecule has 0 amide bonds. The molecule has 0 aliphatic carbocycles. The average molecular weight is 133 g/mol. The lowest BCUT2D eigenvalue weighted by Crippen LogP contribution is -2.24. The quantitative estimate of drug-likeness (QED) is 0.460. The Hall–Kier alpha value is -0.610. The highest BCUT2D eigenvalue weighted by atomic mass is 16.4. The summed E-state index contributed by atoms with van der Waals surface area (Å²) in [5.74, 6) is -1.53. The lowest BCUT2D eigenvalue weighted by atomic mass is 10.1. The largest absolute Gasteiger partial charge is 0.481 e. The van der Waals surface area contributed by atoms with E-state index in [-0.39, 0.29) is 19.6 Å². The van der Waals surface area contributed by atoms with Gasteiger partial charge in [0.05, 0.1) is 5.92 Å². The number of aliphatic hydroxyl groups is 1. The monoisotopic (exact) mass is 133 g/mol. The van der Waals surface area contributed by atoms with Crippen LogP contribution in [0.1, 0.15) is 6.42 Å². The Morgan fingerprint density at radius 2 is 2.22 bits per heavy atom. The van der Waals surface area contributed by atoms with Crippen LogP contribution in [0.25, 0.3) is 0 Å². The van der Waals surface area contributed by atoms with Gasteiger partial charge in [0.2, 0.25) is 0 Å². The Morgan fingerprint density at radius 3 is 2.33 bits per heavy atom. The summed E-state index contributed by atoms with van der Waals surface area (Å²) in [6.45, 7) is -0.0237. The molecule has 0 fully saturated rings. The highest BCUT2D eigenvalue weighted by Crippen LogP contribution is 1.98. The zero-order valence-corrected chi connectivity index (χ0v) is 5.08. The first-order valence-corrected chi connectivity index (χ1v) is 2.76. The van der Waals surface area contributed by atoms with Gasteiger partial charge in [0.25, 0.3) is 0 Å². The average Bonchev–Trinajstić information content (AvgIpc) is 1.82. The van der Waals surface area contributed by atoms with Crippen molar-refractivity contribution in [2.24, 2.45) is 11.7 Å². The van der Waals surface area contributed by atoms with Crippen molar-refractivity contribution in [3.63, 3.8) is 0 Å². The van der Waals surface area contributed by atoms with E-state index in [1.165, 1.54) is 0 Å². The Bertz CT molecular complexity index is 94.2. The number of hydrogen-bond donors (Lipinski definition) is 3. The fourth-order valence-corrected chi connectivity index (χ4v) is 0.498. The second-order valence-corrected chi connectivity index (χ2v) is 1.78. The minimum absolute atomic E-state index is 0.0931. The number of aliphatic carboxylic acids is 1. The second-order valence-electron chi connectivity index (χ2n) is 1.78. The van der Waals surface area contributed by atoms with Gasteiger partial charge >= 0.3 is 5.97 Å². The van der Waals surface area contributed by atoms with Crippen LogP contribution in [-0.2, 0) is 4.79 Å². The van der Waals surface area contributed by atoms with Gasteiger partial charge in [-0.05, 0) is 6.42 Å². The molecule has 0 aromatic rings. The summed E-state index contributed by atoms with van der Waals surface area (Å²) < 4.78 is 0. The van der Waals surface area contributed by atoms with Gasteiger partial charge in [0.15, 0.2) is 0 Å². The summed E-state index contributed by atoms with van der Waals surface area (Å²) >= 11 is 0. The molecule has 0 saturated heterocycles. The molecule has 0 aromatic carbocycles. The van der Waals surface area contributed by atoms with Crippen molar-refractivity contribution < 1.29 is 15.0 Å². The standard InChI is InChI=1S/C5H11NO3/c6-3-4(1-2-7)5(8)9/h4,7H,1-3,6H2,(H,8,9)/t4-/m0/s1. The SMILES string of the molecule is NC[C@H](CCO)C(=O)O. The minimum atomic E-state index is -0.938. The van der Waals surface area contributed by atoms with Crippen LogP contribution in [0, 0.1) is 5.92 Å². The smallest absolute Gasteiger partial charge is 0.307 e. The Labute approximate surface area is 53.3 Å². The van der Waals surface area contributed by atoms with E-state index in [0.29, 0.717) is 0 Å². The van der Waals surface area contributed by atoms with E-state index >= 15 is 0 Å². The number of aliphatic hydroxyl groups excluding tert-OH is 1. The Balaban J connectivity index is 3.54. The summed E-state index contributed by atoms with van der Waals surface area (Å²) in [7, 11) is 0. The molecule has 0 rings (SSSR count). The third-order valence-corrected chi connectivity index (χ3v) is 1.11. The number of rotatable bonds is 4. The van der Waals surface area contributed by atoms with E-state index in [2.05, 4.69) is 0 Å². The van der Waals surface area contributed by atoms with Crippen LogP contribution in [0.2, 0.25) is 0 Å². The molecular formula is C5H11NO3. The van der Waals surface area contributed by atoms with Gasteiger partial charge in [-0.3, -0.25) is 4.79 Å². The number of carboxylic acid groups (broad SMARTS) is 1. The summed E-state index contributed by atoms with van der Waals surface area (Å²) in [6.07, 6.45) is 0.242. The maximum atomic E-state index is 10.1. The van der Waals surface area contributed by atoms with Crippen LogP contribution < -0.4 is 5.73 Å². The Morgan fingerprint density at radius 1 is 1.67 bits per heavy atom. The van der Waals surface area contributed by atoms with Crippen LogP contribution in [0.3, 0.4) is 0 Å². The van der Waals surface area contributed by atoms with Gasteiger partial charge in [-0.25, -0.2) is 0 Å². The fourth-order valence-electron chi connectivity index (χ4n) is 0.498. The molecule has 54 valence electrons. The first-order chi connectivity index (χ1) is 4.22. The fraction of sp³-hybridized carbons (Fsp3) is 0.800. The molecule has 0 radical (unpaired) electrons. The molecule has 0 heterocycles. The molecule has 4 N–H and O–H groups in total. The molecule has 4 heteroatoms. The van der Waals surface area contributed by atoms with Crippen molar-refractivity contribution in [1.29, 1.82) is 0 Å². The lowest BCUT2D eigenvalue weighted by Gasteiger charge is -2.04. The van der Waals surface area contributed by atoms with Gasteiger partial charge in [-0.15, -0.1) is 0 Å².